The lowest BCUT2D eigenvalue weighted by Crippen LogP contribution is -2.41. The van der Waals surface area contributed by atoms with Gasteiger partial charge < -0.3 is 19.4 Å². The van der Waals surface area contributed by atoms with Crippen molar-refractivity contribution in [3.63, 3.8) is 0 Å². The first-order valence-corrected chi connectivity index (χ1v) is 12.2. The number of hydrogen-bond acceptors (Lipinski definition) is 5. The van der Waals surface area contributed by atoms with E-state index in [-0.39, 0.29) is 11.8 Å². The van der Waals surface area contributed by atoms with E-state index in [1.807, 2.05) is 65.0 Å². The molecule has 4 heterocycles. The smallest absolute Gasteiger partial charge is 0.254 e. The zero-order valence-electron chi connectivity index (χ0n) is 20.6. The summed E-state index contributed by atoms with van der Waals surface area (Å²) in [6.07, 6.45) is 8.92. The molecule has 4 aromatic rings. The monoisotopic (exact) mass is 486 g/mol. The molecule has 1 aliphatic heterocycles. The van der Waals surface area contributed by atoms with E-state index >= 15 is 0 Å². The van der Waals surface area contributed by atoms with E-state index in [0.717, 1.165) is 29.7 Å². The molecule has 1 fully saturated rings. The van der Waals surface area contributed by atoms with Gasteiger partial charge in [0.15, 0.2) is 0 Å². The maximum Gasteiger partial charge on any atom is 0.254 e. The van der Waals surface area contributed by atoms with Gasteiger partial charge >= 0.3 is 0 Å². The number of aryl methyl sites for hydroxylation is 2. The largest absolute Gasteiger partial charge is 0.487 e. The van der Waals surface area contributed by atoms with Crippen LogP contribution in [0.4, 0.5) is 0 Å². The molecule has 0 radical (unpaired) electrons. The van der Waals surface area contributed by atoms with Gasteiger partial charge in [0.25, 0.3) is 11.8 Å². The van der Waals surface area contributed by atoms with Gasteiger partial charge in [0, 0.05) is 50.8 Å². The number of benzene rings is 1. The number of fused-ring (bicyclic) bond motifs is 1. The predicted octanol–water partition coefficient (Wildman–Crippen LogP) is 3.24. The van der Waals surface area contributed by atoms with E-state index in [1.165, 1.54) is 0 Å². The van der Waals surface area contributed by atoms with Crippen LogP contribution in [0.1, 0.15) is 44.8 Å². The molecule has 9 heteroatoms. The molecule has 0 saturated carbocycles. The van der Waals surface area contributed by atoms with Gasteiger partial charge in [-0.15, -0.1) is 0 Å². The van der Waals surface area contributed by atoms with Crippen molar-refractivity contribution in [2.24, 2.45) is 13.0 Å². The molecule has 0 atom stereocenters. The summed E-state index contributed by atoms with van der Waals surface area (Å²) in [7, 11) is 1.79. The normalized spacial score (nSPS) is 14.2. The van der Waals surface area contributed by atoms with Crippen LogP contribution in [0.3, 0.4) is 0 Å². The molecule has 0 aliphatic carbocycles. The number of rotatable bonds is 7. The number of nitrogens with zero attached hydrogens (tertiary/aromatic N) is 5. The third kappa shape index (κ3) is 5.25. The molecule has 0 unspecified atom stereocenters. The highest BCUT2D eigenvalue weighted by Crippen LogP contribution is 2.21. The Bertz CT molecular complexity index is 1370. The SMILES string of the molecule is Cc1cccn2cc(COc3ccc(C(=O)N4CCC(CNC(=O)c5cnn(C)c5)CC4)cc3)nc12. The van der Waals surface area contributed by atoms with Gasteiger partial charge in [-0.05, 0) is 61.6 Å². The summed E-state index contributed by atoms with van der Waals surface area (Å²) in [6, 6.07) is 11.3. The molecule has 1 saturated heterocycles. The van der Waals surface area contributed by atoms with Crippen molar-refractivity contribution in [1.82, 2.24) is 29.4 Å². The fourth-order valence-electron chi connectivity index (χ4n) is 4.53. The summed E-state index contributed by atoms with van der Waals surface area (Å²) < 4.78 is 9.50. The van der Waals surface area contributed by atoms with Gasteiger partial charge in [-0.3, -0.25) is 14.3 Å². The number of nitrogens with one attached hydrogen (secondary N) is 1. The Hall–Kier alpha value is -4.14. The molecule has 36 heavy (non-hydrogen) atoms. The van der Waals surface area contributed by atoms with Gasteiger partial charge in [-0.2, -0.15) is 5.10 Å². The molecule has 2 amide bonds. The van der Waals surface area contributed by atoms with Crippen LogP contribution in [-0.2, 0) is 13.7 Å². The molecule has 1 N–H and O–H groups in total. The van der Waals surface area contributed by atoms with Crippen LogP contribution in [0.2, 0.25) is 0 Å². The Morgan fingerprint density at radius 3 is 2.56 bits per heavy atom. The Labute approximate surface area is 209 Å². The van der Waals surface area contributed by atoms with Crippen LogP contribution in [0.25, 0.3) is 5.65 Å². The first-order chi connectivity index (χ1) is 17.5. The van der Waals surface area contributed by atoms with Crippen molar-refractivity contribution in [3.05, 3.63) is 83.6 Å². The highest BCUT2D eigenvalue weighted by Gasteiger charge is 2.24. The van der Waals surface area contributed by atoms with Crippen LogP contribution >= 0.6 is 0 Å². The van der Waals surface area contributed by atoms with Gasteiger partial charge in [0.05, 0.1) is 17.5 Å². The van der Waals surface area contributed by atoms with Crippen LogP contribution in [-0.4, -0.2) is 55.5 Å². The minimum Gasteiger partial charge on any atom is -0.487 e. The van der Waals surface area contributed by atoms with E-state index in [2.05, 4.69) is 15.4 Å². The Kier molecular flexibility index (Phi) is 6.71. The maximum atomic E-state index is 13.0. The number of aromatic nitrogens is 4. The lowest BCUT2D eigenvalue weighted by atomic mass is 9.96. The molecule has 3 aromatic heterocycles. The minimum atomic E-state index is -0.111. The number of ether oxygens (including phenoxy) is 1. The summed E-state index contributed by atoms with van der Waals surface area (Å²) in [5.41, 5.74) is 4.10. The Balaban J connectivity index is 1.09. The second kappa shape index (κ2) is 10.2. The average molecular weight is 487 g/mol. The van der Waals surface area contributed by atoms with Crippen LogP contribution in [0, 0.1) is 12.8 Å². The molecule has 1 aromatic carbocycles. The van der Waals surface area contributed by atoms with Gasteiger partial charge in [0.2, 0.25) is 0 Å². The zero-order valence-corrected chi connectivity index (χ0v) is 20.6. The van der Waals surface area contributed by atoms with E-state index in [4.69, 9.17) is 4.74 Å². The lowest BCUT2D eigenvalue weighted by molar-refractivity contribution is 0.0684. The standard InChI is InChI=1S/C27H30N6O3/c1-19-4-3-11-33-17-23(30-25(19)33)18-36-24-7-5-21(6-8-24)27(35)32-12-9-20(10-13-32)14-28-26(34)22-15-29-31(2)16-22/h3-8,11,15-17,20H,9-10,12-14,18H2,1-2H3,(H,28,34). The quantitative estimate of drug-likeness (QED) is 0.433. The fourth-order valence-corrected chi connectivity index (χ4v) is 4.53. The summed E-state index contributed by atoms with van der Waals surface area (Å²) in [5, 5.41) is 7.01. The predicted molar refractivity (Wildman–Crippen MR) is 135 cm³/mol. The van der Waals surface area contributed by atoms with Gasteiger partial charge in [-0.25, -0.2) is 4.98 Å². The second-order valence-electron chi connectivity index (χ2n) is 9.32. The van der Waals surface area contributed by atoms with Gasteiger partial charge in [-0.1, -0.05) is 6.07 Å². The highest BCUT2D eigenvalue weighted by molar-refractivity contribution is 5.94. The molecule has 5 rings (SSSR count). The summed E-state index contributed by atoms with van der Waals surface area (Å²) in [5.74, 6) is 0.965. The van der Waals surface area contributed by atoms with Crippen molar-refractivity contribution < 1.29 is 14.3 Å². The first-order valence-electron chi connectivity index (χ1n) is 12.2. The number of amides is 2. The number of imidazole rings is 1. The zero-order chi connectivity index (χ0) is 25.1. The Morgan fingerprint density at radius 1 is 1.08 bits per heavy atom. The maximum absolute atomic E-state index is 13.0. The van der Waals surface area contributed by atoms with Crippen LogP contribution in [0.5, 0.6) is 5.75 Å². The second-order valence-corrected chi connectivity index (χ2v) is 9.32. The highest BCUT2D eigenvalue weighted by atomic mass is 16.5. The van der Waals surface area contributed by atoms with Crippen LogP contribution in [0.15, 0.2) is 61.2 Å². The lowest BCUT2D eigenvalue weighted by Gasteiger charge is -2.32. The first kappa shape index (κ1) is 23.6. The third-order valence-electron chi connectivity index (χ3n) is 6.64. The number of carbonyl (C=O) groups is 2. The number of piperidine rings is 1. The molecular weight excluding hydrogens is 456 g/mol. The Morgan fingerprint density at radius 2 is 1.86 bits per heavy atom. The van der Waals surface area contributed by atoms with Crippen molar-refractivity contribution in [2.75, 3.05) is 19.6 Å². The summed E-state index contributed by atoms with van der Waals surface area (Å²) >= 11 is 0. The molecule has 0 bridgehead atoms. The molecule has 0 spiro atoms. The topological polar surface area (TPSA) is 93.8 Å². The van der Waals surface area contributed by atoms with E-state index < -0.39 is 0 Å². The number of carbonyl (C=O) groups excluding carboxylic acids is 2. The van der Waals surface area contributed by atoms with E-state index in [0.29, 0.717) is 49.0 Å². The van der Waals surface area contributed by atoms with Crippen molar-refractivity contribution in [2.45, 2.75) is 26.4 Å². The van der Waals surface area contributed by atoms with Gasteiger partial charge in [0.1, 0.15) is 18.0 Å². The molecule has 9 nitrogen and oxygen atoms in total. The third-order valence-corrected chi connectivity index (χ3v) is 6.64. The van der Waals surface area contributed by atoms with E-state index in [9.17, 15) is 9.59 Å². The van der Waals surface area contributed by atoms with Crippen molar-refractivity contribution in [1.29, 1.82) is 0 Å². The number of likely N-dealkylation sites (tertiary alicyclic amines) is 1. The molecular formula is C27H30N6O3. The summed E-state index contributed by atoms with van der Waals surface area (Å²) in [4.78, 5) is 31.7. The number of pyridine rings is 1. The van der Waals surface area contributed by atoms with Crippen molar-refractivity contribution >= 4 is 17.5 Å². The average Bonchev–Trinajstić information content (AvgIpc) is 3.53. The minimum absolute atomic E-state index is 0.0234. The van der Waals surface area contributed by atoms with E-state index in [1.54, 1.807) is 24.1 Å². The van der Waals surface area contributed by atoms with Crippen LogP contribution < -0.4 is 10.1 Å². The summed E-state index contributed by atoms with van der Waals surface area (Å²) in [6.45, 7) is 4.36. The number of hydrogen-bond donors (Lipinski definition) is 1. The molecule has 1 aliphatic rings. The fraction of sp³-hybridized carbons (Fsp3) is 0.333. The van der Waals surface area contributed by atoms with Crippen molar-refractivity contribution in [3.8, 4) is 5.75 Å². The molecule has 186 valence electrons.